The van der Waals surface area contributed by atoms with E-state index in [0.29, 0.717) is 5.82 Å². The van der Waals surface area contributed by atoms with Gasteiger partial charge in [-0.2, -0.15) is 0 Å². The van der Waals surface area contributed by atoms with Crippen molar-refractivity contribution in [3.63, 3.8) is 0 Å². The van der Waals surface area contributed by atoms with Crippen molar-refractivity contribution >= 4 is 10.8 Å². The first-order chi connectivity index (χ1) is 13.9. The molecule has 0 saturated carbocycles. The predicted molar refractivity (Wildman–Crippen MR) is 111 cm³/mol. The van der Waals surface area contributed by atoms with Gasteiger partial charge < -0.3 is 0 Å². The molecule has 132 valence electrons. The standard InChI is InChI=1S/C24H16N4/c1-2-9-18-17(8-1)16-19(24-27-14-7-15-28-24)23(21-11-4-6-13-26-21)22(18)20-10-3-5-12-25-20/h1-16H. The molecule has 0 aliphatic rings. The monoisotopic (exact) mass is 360 g/mol. The highest BCUT2D eigenvalue weighted by Crippen LogP contribution is 2.42. The van der Waals surface area contributed by atoms with E-state index in [1.807, 2.05) is 60.9 Å². The summed E-state index contributed by atoms with van der Waals surface area (Å²) in [5.41, 5.74) is 4.75. The zero-order valence-electron chi connectivity index (χ0n) is 15.0. The zero-order chi connectivity index (χ0) is 18.8. The summed E-state index contributed by atoms with van der Waals surface area (Å²) in [6, 6.07) is 24.2. The zero-order valence-corrected chi connectivity index (χ0v) is 15.0. The molecule has 4 heteroatoms. The molecule has 0 N–H and O–H groups in total. The highest BCUT2D eigenvalue weighted by Gasteiger charge is 2.20. The highest BCUT2D eigenvalue weighted by atomic mass is 14.9. The van der Waals surface area contributed by atoms with Crippen LogP contribution in [-0.2, 0) is 0 Å². The van der Waals surface area contributed by atoms with Crippen LogP contribution in [0.25, 0.3) is 44.7 Å². The molecule has 4 nitrogen and oxygen atoms in total. The number of nitrogens with zero attached hydrogens (tertiary/aromatic N) is 4. The van der Waals surface area contributed by atoms with E-state index < -0.39 is 0 Å². The minimum Gasteiger partial charge on any atom is -0.256 e. The van der Waals surface area contributed by atoms with E-state index in [9.17, 15) is 0 Å². The highest BCUT2D eigenvalue weighted by molar-refractivity contribution is 6.08. The van der Waals surface area contributed by atoms with Crippen molar-refractivity contribution in [3.05, 3.63) is 97.6 Å². The average Bonchev–Trinajstić information content (AvgIpc) is 2.79. The van der Waals surface area contributed by atoms with Crippen LogP contribution in [0.3, 0.4) is 0 Å². The number of hydrogen-bond donors (Lipinski definition) is 0. The molecule has 3 aromatic heterocycles. The van der Waals surface area contributed by atoms with Crippen LogP contribution in [0, 0.1) is 0 Å². The predicted octanol–water partition coefficient (Wildman–Crippen LogP) is 5.42. The van der Waals surface area contributed by atoms with Crippen LogP contribution in [0.5, 0.6) is 0 Å². The quantitative estimate of drug-likeness (QED) is 0.431. The van der Waals surface area contributed by atoms with Crippen molar-refractivity contribution in [2.75, 3.05) is 0 Å². The molecule has 3 heterocycles. The Hall–Kier alpha value is -3.92. The van der Waals surface area contributed by atoms with Crippen LogP contribution < -0.4 is 0 Å². The molecule has 0 spiro atoms. The van der Waals surface area contributed by atoms with Gasteiger partial charge in [0.05, 0.1) is 11.4 Å². The third-order valence-electron chi connectivity index (χ3n) is 4.70. The van der Waals surface area contributed by atoms with Gasteiger partial charge in [-0.25, -0.2) is 9.97 Å². The summed E-state index contributed by atoms with van der Waals surface area (Å²) in [5.74, 6) is 0.672. The van der Waals surface area contributed by atoms with Crippen molar-refractivity contribution in [2.24, 2.45) is 0 Å². The van der Waals surface area contributed by atoms with Crippen LogP contribution in [0.1, 0.15) is 0 Å². The van der Waals surface area contributed by atoms with Crippen molar-refractivity contribution in [3.8, 4) is 33.9 Å². The molecule has 0 fully saturated rings. The van der Waals surface area contributed by atoms with E-state index in [4.69, 9.17) is 0 Å². The van der Waals surface area contributed by atoms with E-state index >= 15 is 0 Å². The van der Waals surface area contributed by atoms with Gasteiger partial charge in [0.25, 0.3) is 0 Å². The first-order valence-electron chi connectivity index (χ1n) is 9.08. The molecule has 0 aliphatic heterocycles. The number of pyridine rings is 2. The Morgan fingerprint density at radius 3 is 1.79 bits per heavy atom. The van der Waals surface area contributed by atoms with Crippen molar-refractivity contribution in [1.82, 2.24) is 19.9 Å². The topological polar surface area (TPSA) is 51.6 Å². The summed E-state index contributed by atoms with van der Waals surface area (Å²) in [4.78, 5) is 18.3. The van der Waals surface area contributed by atoms with Crippen LogP contribution in [-0.4, -0.2) is 19.9 Å². The second kappa shape index (κ2) is 7.00. The van der Waals surface area contributed by atoms with E-state index in [-0.39, 0.29) is 0 Å². The van der Waals surface area contributed by atoms with Gasteiger partial charge in [0, 0.05) is 41.5 Å². The lowest BCUT2D eigenvalue weighted by Gasteiger charge is -2.17. The SMILES string of the molecule is c1ccc(-c2c(-c3ncccn3)cc3ccccc3c2-c2ccccn2)nc1. The molecule has 0 saturated heterocycles. The lowest BCUT2D eigenvalue weighted by molar-refractivity contribution is 1.17. The lowest BCUT2D eigenvalue weighted by Crippen LogP contribution is -1.97. The number of fused-ring (bicyclic) bond motifs is 1. The first kappa shape index (κ1) is 16.3. The molecule has 5 rings (SSSR count). The third kappa shape index (κ3) is 2.81. The Kier molecular flexibility index (Phi) is 4.07. The summed E-state index contributed by atoms with van der Waals surface area (Å²) in [6.07, 6.45) is 7.15. The second-order valence-corrected chi connectivity index (χ2v) is 6.40. The maximum absolute atomic E-state index is 4.65. The number of aromatic nitrogens is 4. The molecular formula is C24H16N4. The number of benzene rings is 2. The number of rotatable bonds is 3. The molecule has 28 heavy (non-hydrogen) atoms. The molecule has 5 aromatic rings. The summed E-state index contributed by atoms with van der Waals surface area (Å²) in [7, 11) is 0. The minimum atomic E-state index is 0.672. The molecule has 2 aromatic carbocycles. The van der Waals surface area contributed by atoms with Crippen LogP contribution >= 0.6 is 0 Å². The summed E-state index contributed by atoms with van der Waals surface area (Å²) in [6.45, 7) is 0. The van der Waals surface area contributed by atoms with Gasteiger partial charge in [0.2, 0.25) is 0 Å². The van der Waals surface area contributed by atoms with Gasteiger partial charge in [0.15, 0.2) is 5.82 Å². The van der Waals surface area contributed by atoms with E-state index in [2.05, 4.69) is 44.2 Å². The van der Waals surface area contributed by atoms with Crippen LogP contribution in [0.2, 0.25) is 0 Å². The third-order valence-corrected chi connectivity index (χ3v) is 4.70. The van der Waals surface area contributed by atoms with Crippen molar-refractivity contribution < 1.29 is 0 Å². The molecular weight excluding hydrogens is 344 g/mol. The van der Waals surface area contributed by atoms with Gasteiger partial charge in [-0.05, 0) is 47.2 Å². The minimum absolute atomic E-state index is 0.672. The van der Waals surface area contributed by atoms with Gasteiger partial charge in [-0.15, -0.1) is 0 Å². The molecule has 0 unspecified atom stereocenters. The molecule has 0 radical (unpaired) electrons. The largest absolute Gasteiger partial charge is 0.256 e. The van der Waals surface area contributed by atoms with Crippen LogP contribution in [0.4, 0.5) is 0 Å². The van der Waals surface area contributed by atoms with E-state index in [1.54, 1.807) is 12.4 Å². The van der Waals surface area contributed by atoms with Gasteiger partial charge in [-0.1, -0.05) is 36.4 Å². The smallest absolute Gasteiger partial charge is 0.159 e. The molecule has 0 bridgehead atoms. The Labute approximate surface area is 162 Å². The normalized spacial score (nSPS) is 10.9. The summed E-state index contributed by atoms with van der Waals surface area (Å²) >= 11 is 0. The maximum Gasteiger partial charge on any atom is 0.159 e. The fourth-order valence-corrected chi connectivity index (χ4v) is 3.52. The summed E-state index contributed by atoms with van der Waals surface area (Å²) < 4.78 is 0. The molecule has 0 atom stereocenters. The van der Waals surface area contributed by atoms with Crippen LogP contribution in [0.15, 0.2) is 97.6 Å². The maximum atomic E-state index is 4.65. The van der Waals surface area contributed by atoms with Crippen molar-refractivity contribution in [2.45, 2.75) is 0 Å². The Bertz CT molecular complexity index is 1240. The fraction of sp³-hybridized carbons (Fsp3) is 0. The summed E-state index contributed by atoms with van der Waals surface area (Å²) in [5, 5.41) is 2.24. The van der Waals surface area contributed by atoms with E-state index in [1.165, 1.54) is 0 Å². The Morgan fingerprint density at radius 2 is 1.11 bits per heavy atom. The number of hydrogen-bond acceptors (Lipinski definition) is 4. The van der Waals surface area contributed by atoms with E-state index in [0.717, 1.165) is 38.9 Å². The molecule has 0 aliphatic carbocycles. The second-order valence-electron chi connectivity index (χ2n) is 6.40. The van der Waals surface area contributed by atoms with Crippen molar-refractivity contribution in [1.29, 1.82) is 0 Å². The van der Waals surface area contributed by atoms with Gasteiger partial charge in [-0.3, -0.25) is 9.97 Å². The van der Waals surface area contributed by atoms with Gasteiger partial charge in [0.1, 0.15) is 0 Å². The average molecular weight is 360 g/mol. The molecule has 0 amide bonds. The Balaban J connectivity index is 1.97. The lowest BCUT2D eigenvalue weighted by atomic mass is 9.89. The first-order valence-corrected chi connectivity index (χ1v) is 9.08. The Morgan fingerprint density at radius 1 is 0.500 bits per heavy atom. The fourth-order valence-electron chi connectivity index (χ4n) is 3.52. The van der Waals surface area contributed by atoms with Gasteiger partial charge >= 0.3 is 0 Å².